The van der Waals surface area contributed by atoms with Crippen LogP contribution in [0, 0.1) is 6.92 Å². The van der Waals surface area contributed by atoms with Gasteiger partial charge in [-0.2, -0.15) is 4.98 Å². The highest BCUT2D eigenvalue weighted by Gasteiger charge is 2.09. The van der Waals surface area contributed by atoms with Gasteiger partial charge in [-0.05, 0) is 36.6 Å². The molecule has 0 radical (unpaired) electrons. The molecule has 28 heavy (non-hydrogen) atoms. The molecule has 4 rings (SSSR count). The summed E-state index contributed by atoms with van der Waals surface area (Å²) in [5.74, 6) is 1.73. The molecular formula is C23H23N5. The molecule has 0 spiro atoms. The van der Waals surface area contributed by atoms with Gasteiger partial charge in [-0.1, -0.05) is 50.2 Å². The maximum atomic E-state index is 4.67. The molecule has 2 heterocycles. The number of rotatable bonds is 5. The van der Waals surface area contributed by atoms with Gasteiger partial charge in [0.25, 0.3) is 0 Å². The molecule has 5 nitrogen and oxygen atoms in total. The second kappa shape index (κ2) is 7.64. The van der Waals surface area contributed by atoms with Crippen LogP contribution in [0.25, 0.3) is 10.9 Å². The smallest absolute Gasteiger partial charge is 0.229 e. The molecule has 0 fully saturated rings. The van der Waals surface area contributed by atoms with Gasteiger partial charge in [-0.15, -0.1) is 0 Å². The number of fused-ring (bicyclic) bond motifs is 1. The fourth-order valence-electron chi connectivity index (χ4n) is 3.27. The third-order valence-electron chi connectivity index (χ3n) is 4.58. The van der Waals surface area contributed by atoms with Gasteiger partial charge in [0.1, 0.15) is 5.82 Å². The Balaban J connectivity index is 1.66. The molecule has 0 aliphatic carbocycles. The van der Waals surface area contributed by atoms with Gasteiger partial charge in [0.2, 0.25) is 5.95 Å². The summed E-state index contributed by atoms with van der Waals surface area (Å²) in [5, 5.41) is 7.85. The summed E-state index contributed by atoms with van der Waals surface area (Å²) in [6.07, 6.45) is 1.79. The first-order chi connectivity index (χ1) is 13.6. The second-order valence-electron chi connectivity index (χ2n) is 7.09. The van der Waals surface area contributed by atoms with E-state index in [1.54, 1.807) is 6.20 Å². The SMILES string of the molecule is Cc1cc(Nc2ccccc2C(C)C)nc(Nc2cccc3cccnc23)n1. The maximum absolute atomic E-state index is 4.67. The lowest BCUT2D eigenvalue weighted by Crippen LogP contribution is -2.04. The average Bonchev–Trinajstić information content (AvgIpc) is 2.68. The highest BCUT2D eigenvalue weighted by atomic mass is 15.1. The molecule has 0 saturated carbocycles. The van der Waals surface area contributed by atoms with Crippen LogP contribution in [0.15, 0.2) is 66.9 Å². The van der Waals surface area contributed by atoms with Gasteiger partial charge in [0.15, 0.2) is 0 Å². The minimum atomic E-state index is 0.422. The lowest BCUT2D eigenvalue weighted by Gasteiger charge is -2.15. The van der Waals surface area contributed by atoms with Crippen LogP contribution in [0.2, 0.25) is 0 Å². The zero-order chi connectivity index (χ0) is 19.5. The fraction of sp³-hybridized carbons (Fsp3) is 0.174. The zero-order valence-electron chi connectivity index (χ0n) is 16.3. The molecule has 0 aliphatic rings. The van der Waals surface area contributed by atoms with Crippen molar-refractivity contribution in [2.75, 3.05) is 10.6 Å². The van der Waals surface area contributed by atoms with Crippen LogP contribution in [0.5, 0.6) is 0 Å². The Kier molecular flexibility index (Phi) is 4.89. The molecule has 0 saturated heterocycles. The van der Waals surface area contributed by atoms with Crippen molar-refractivity contribution in [3.63, 3.8) is 0 Å². The van der Waals surface area contributed by atoms with Crippen LogP contribution >= 0.6 is 0 Å². The van der Waals surface area contributed by atoms with E-state index >= 15 is 0 Å². The molecule has 0 bridgehead atoms. The quantitative estimate of drug-likeness (QED) is 0.455. The largest absolute Gasteiger partial charge is 0.340 e. The Hall–Kier alpha value is -3.47. The topological polar surface area (TPSA) is 62.7 Å². The predicted molar refractivity (Wildman–Crippen MR) is 116 cm³/mol. The van der Waals surface area contributed by atoms with Crippen molar-refractivity contribution in [1.29, 1.82) is 0 Å². The number of nitrogens with one attached hydrogen (secondary N) is 2. The standard InChI is InChI=1S/C23H23N5/c1-15(2)18-10-4-5-11-19(18)26-21-14-16(3)25-23(28-21)27-20-12-6-8-17-9-7-13-24-22(17)20/h4-15H,1-3H3,(H2,25,26,27,28). The summed E-state index contributed by atoms with van der Waals surface area (Å²) in [6, 6.07) is 20.3. The van der Waals surface area contributed by atoms with Gasteiger partial charge in [-0.25, -0.2) is 4.98 Å². The number of para-hydroxylation sites is 2. The first kappa shape index (κ1) is 17.9. The molecule has 5 heteroatoms. The zero-order valence-corrected chi connectivity index (χ0v) is 16.3. The molecule has 2 N–H and O–H groups in total. The first-order valence-electron chi connectivity index (χ1n) is 9.42. The molecule has 2 aromatic heterocycles. The van der Waals surface area contributed by atoms with Crippen molar-refractivity contribution in [1.82, 2.24) is 15.0 Å². The van der Waals surface area contributed by atoms with Gasteiger partial charge < -0.3 is 10.6 Å². The number of pyridine rings is 1. The highest BCUT2D eigenvalue weighted by Crippen LogP contribution is 2.28. The third-order valence-corrected chi connectivity index (χ3v) is 4.58. The van der Waals surface area contributed by atoms with E-state index in [0.717, 1.165) is 33.8 Å². The Morgan fingerprint density at radius 1 is 0.821 bits per heavy atom. The van der Waals surface area contributed by atoms with Crippen molar-refractivity contribution in [2.24, 2.45) is 0 Å². The lowest BCUT2D eigenvalue weighted by atomic mass is 10.0. The Labute approximate surface area is 164 Å². The van der Waals surface area contributed by atoms with E-state index in [2.05, 4.69) is 57.6 Å². The first-order valence-corrected chi connectivity index (χ1v) is 9.42. The second-order valence-corrected chi connectivity index (χ2v) is 7.09. The summed E-state index contributed by atoms with van der Waals surface area (Å²) in [6.45, 7) is 6.34. The summed E-state index contributed by atoms with van der Waals surface area (Å²) >= 11 is 0. The average molecular weight is 369 g/mol. The van der Waals surface area contributed by atoms with E-state index in [-0.39, 0.29) is 0 Å². The summed E-state index contributed by atoms with van der Waals surface area (Å²) in [5.41, 5.74) is 4.99. The van der Waals surface area contributed by atoms with Crippen LogP contribution in [0.3, 0.4) is 0 Å². The predicted octanol–water partition coefficient (Wildman–Crippen LogP) is 5.94. The number of hydrogen-bond acceptors (Lipinski definition) is 5. The Morgan fingerprint density at radius 2 is 1.61 bits per heavy atom. The van der Waals surface area contributed by atoms with Crippen molar-refractivity contribution >= 4 is 34.0 Å². The molecule has 2 aromatic carbocycles. The maximum Gasteiger partial charge on any atom is 0.229 e. The van der Waals surface area contributed by atoms with Crippen LogP contribution in [-0.2, 0) is 0 Å². The Bertz CT molecular complexity index is 1120. The van der Waals surface area contributed by atoms with Gasteiger partial charge in [0, 0.05) is 29.0 Å². The fourth-order valence-corrected chi connectivity index (χ4v) is 3.27. The Morgan fingerprint density at radius 3 is 2.46 bits per heavy atom. The van der Waals surface area contributed by atoms with Gasteiger partial charge in [-0.3, -0.25) is 4.98 Å². The van der Waals surface area contributed by atoms with E-state index in [9.17, 15) is 0 Å². The van der Waals surface area contributed by atoms with Crippen LogP contribution < -0.4 is 10.6 Å². The normalized spacial score (nSPS) is 11.0. The molecule has 4 aromatic rings. The van der Waals surface area contributed by atoms with E-state index < -0.39 is 0 Å². The number of anilines is 4. The van der Waals surface area contributed by atoms with E-state index in [1.165, 1.54) is 5.56 Å². The molecule has 140 valence electrons. The number of hydrogen-bond donors (Lipinski definition) is 2. The number of nitrogens with zero attached hydrogens (tertiary/aromatic N) is 3. The minimum Gasteiger partial charge on any atom is -0.340 e. The van der Waals surface area contributed by atoms with Crippen molar-refractivity contribution in [3.05, 3.63) is 78.1 Å². The molecule has 0 aliphatic heterocycles. The highest BCUT2D eigenvalue weighted by molar-refractivity contribution is 5.91. The van der Waals surface area contributed by atoms with E-state index in [0.29, 0.717) is 11.9 Å². The van der Waals surface area contributed by atoms with Gasteiger partial charge in [0.05, 0.1) is 11.2 Å². The van der Waals surface area contributed by atoms with Crippen LogP contribution in [0.4, 0.5) is 23.1 Å². The van der Waals surface area contributed by atoms with Crippen molar-refractivity contribution in [2.45, 2.75) is 26.7 Å². The van der Waals surface area contributed by atoms with Crippen molar-refractivity contribution < 1.29 is 0 Å². The molecule has 0 amide bonds. The lowest BCUT2D eigenvalue weighted by molar-refractivity contribution is 0.869. The van der Waals surface area contributed by atoms with E-state index in [1.807, 2.05) is 49.4 Å². The minimum absolute atomic E-state index is 0.422. The molecular weight excluding hydrogens is 346 g/mol. The van der Waals surface area contributed by atoms with Crippen molar-refractivity contribution in [3.8, 4) is 0 Å². The summed E-state index contributed by atoms with van der Waals surface area (Å²) in [4.78, 5) is 13.7. The summed E-state index contributed by atoms with van der Waals surface area (Å²) in [7, 11) is 0. The molecule has 0 unspecified atom stereocenters. The monoisotopic (exact) mass is 369 g/mol. The third kappa shape index (κ3) is 3.78. The van der Waals surface area contributed by atoms with Crippen LogP contribution in [0.1, 0.15) is 31.0 Å². The summed E-state index contributed by atoms with van der Waals surface area (Å²) < 4.78 is 0. The number of aryl methyl sites for hydroxylation is 1. The van der Waals surface area contributed by atoms with Crippen LogP contribution in [-0.4, -0.2) is 15.0 Å². The van der Waals surface area contributed by atoms with E-state index in [4.69, 9.17) is 0 Å². The number of benzene rings is 2. The molecule has 0 atom stereocenters. The number of aromatic nitrogens is 3. The van der Waals surface area contributed by atoms with Gasteiger partial charge >= 0.3 is 0 Å².